The van der Waals surface area contributed by atoms with Crippen molar-refractivity contribution in [2.24, 2.45) is 0 Å². The summed E-state index contributed by atoms with van der Waals surface area (Å²) in [6, 6.07) is 0.0197. The van der Waals surface area contributed by atoms with Gasteiger partial charge in [-0.25, -0.2) is 9.78 Å². The predicted molar refractivity (Wildman–Crippen MR) is 63.5 cm³/mol. The van der Waals surface area contributed by atoms with E-state index in [1.807, 2.05) is 0 Å². The monoisotopic (exact) mass is 235 g/mol. The quantitative estimate of drug-likeness (QED) is 0.594. The van der Waals surface area contributed by atoms with Crippen LogP contribution in [-0.4, -0.2) is 29.2 Å². The Hall–Kier alpha value is -1.62. The topological polar surface area (TPSA) is 56.1 Å². The maximum absolute atomic E-state index is 11.8. The molecule has 1 aromatic heterocycles. The van der Waals surface area contributed by atoms with E-state index in [2.05, 4.69) is 21.4 Å². The molecule has 2 rings (SSSR count). The van der Waals surface area contributed by atoms with Crippen LogP contribution in [0.4, 0.5) is 0 Å². The number of hydrogen-bond donors (Lipinski definition) is 1. The molecule has 1 unspecified atom stereocenters. The Bertz CT molecular complexity index is 410. The van der Waals surface area contributed by atoms with E-state index >= 15 is 0 Å². The van der Waals surface area contributed by atoms with Gasteiger partial charge in [0, 0.05) is 12.6 Å². The van der Waals surface area contributed by atoms with Crippen molar-refractivity contribution in [2.75, 3.05) is 13.7 Å². The van der Waals surface area contributed by atoms with E-state index in [0.717, 1.165) is 18.5 Å². The smallest absolute Gasteiger partial charge is 0.329 e. The normalized spacial score (nSPS) is 16.5. The molecule has 5 nitrogen and oxygen atoms in total. The Balaban J connectivity index is 2.20. The Kier molecular flexibility index (Phi) is 3.58. The maximum Gasteiger partial charge on any atom is 0.329 e. The van der Waals surface area contributed by atoms with Crippen LogP contribution in [0.3, 0.4) is 0 Å². The third-order valence-electron chi connectivity index (χ3n) is 2.84. The zero-order valence-electron chi connectivity index (χ0n) is 9.93. The lowest BCUT2D eigenvalue weighted by molar-refractivity contribution is -0.143. The fourth-order valence-electron chi connectivity index (χ4n) is 1.82. The average Bonchev–Trinajstić information content (AvgIpc) is 3.09. The van der Waals surface area contributed by atoms with Gasteiger partial charge in [0.2, 0.25) is 0 Å². The highest BCUT2D eigenvalue weighted by Gasteiger charge is 2.30. The SMILES string of the molecule is C=CCNC(C(=O)OC)c1cncn1C1CC1. The molecule has 92 valence electrons. The molecule has 0 aromatic carbocycles. The van der Waals surface area contributed by atoms with Crippen LogP contribution in [0.5, 0.6) is 0 Å². The van der Waals surface area contributed by atoms with E-state index in [9.17, 15) is 4.79 Å². The molecule has 5 heteroatoms. The fourth-order valence-corrected chi connectivity index (χ4v) is 1.82. The van der Waals surface area contributed by atoms with Gasteiger partial charge in [-0.1, -0.05) is 6.08 Å². The zero-order valence-corrected chi connectivity index (χ0v) is 9.93. The van der Waals surface area contributed by atoms with Gasteiger partial charge in [0.25, 0.3) is 0 Å². The summed E-state index contributed by atoms with van der Waals surface area (Å²) in [6.45, 7) is 4.18. The molecule has 1 atom stereocenters. The second kappa shape index (κ2) is 5.14. The zero-order chi connectivity index (χ0) is 12.3. The van der Waals surface area contributed by atoms with Gasteiger partial charge < -0.3 is 9.30 Å². The highest BCUT2D eigenvalue weighted by Crippen LogP contribution is 2.36. The Labute approximate surface area is 100 Å². The standard InChI is InChI=1S/C12H17N3O2/c1-3-6-14-11(12(16)17-2)10-7-13-8-15(10)9-4-5-9/h3,7-9,11,14H,1,4-6H2,2H3. The molecule has 1 N–H and O–H groups in total. The fraction of sp³-hybridized carbons (Fsp3) is 0.500. The molecule has 1 aromatic rings. The van der Waals surface area contributed by atoms with Crippen molar-refractivity contribution < 1.29 is 9.53 Å². The molecule has 1 heterocycles. The van der Waals surface area contributed by atoms with Gasteiger partial charge >= 0.3 is 5.97 Å². The molecule has 0 amide bonds. The number of hydrogen-bond acceptors (Lipinski definition) is 4. The van der Waals surface area contributed by atoms with E-state index in [1.165, 1.54) is 7.11 Å². The van der Waals surface area contributed by atoms with Gasteiger partial charge in [-0.05, 0) is 12.8 Å². The van der Waals surface area contributed by atoms with Crippen molar-refractivity contribution in [3.8, 4) is 0 Å². The largest absolute Gasteiger partial charge is 0.468 e. The number of rotatable bonds is 6. The van der Waals surface area contributed by atoms with Crippen molar-refractivity contribution in [3.05, 3.63) is 30.9 Å². The van der Waals surface area contributed by atoms with Crippen LogP contribution in [0.25, 0.3) is 0 Å². The molecule has 0 radical (unpaired) electrons. The molecule has 1 fully saturated rings. The summed E-state index contributed by atoms with van der Waals surface area (Å²) in [5.74, 6) is -0.297. The first-order valence-corrected chi connectivity index (χ1v) is 5.71. The number of aromatic nitrogens is 2. The van der Waals surface area contributed by atoms with Crippen molar-refractivity contribution in [2.45, 2.75) is 24.9 Å². The average molecular weight is 235 g/mol. The number of esters is 1. The third kappa shape index (κ3) is 2.55. The highest BCUT2D eigenvalue weighted by molar-refractivity contribution is 5.77. The van der Waals surface area contributed by atoms with Crippen molar-refractivity contribution in [1.29, 1.82) is 0 Å². The van der Waals surface area contributed by atoms with Gasteiger partial charge in [0.05, 0.1) is 25.3 Å². The van der Waals surface area contributed by atoms with E-state index in [-0.39, 0.29) is 5.97 Å². The maximum atomic E-state index is 11.8. The van der Waals surface area contributed by atoms with E-state index < -0.39 is 6.04 Å². The summed E-state index contributed by atoms with van der Waals surface area (Å²) in [5.41, 5.74) is 0.862. The second-order valence-electron chi connectivity index (χ2n) is 4.11. The lowest BCUT2D eigenvalue weighted by atomic mass is 10.2. The van der Waals surface area contributed by atoms with Gasteiger partial charge in [-0.15, -0.1) is 6.58 Å². The lowest BCUT2D eigenvalue weighted by Gasteiger charge is -2.17. The molecule has 0 aliphatic heterocycles. The molecule has 1 aliphatic carbocycles. The number of nitrogens with one attached hydrogen (secondary N) is 1. The first-order valence-electron chi connectivity index (χ1n) is 5.71. The van der Waals surface area contributed by atoms with Crippen molar-refractivity contribution >= 4 is 5.97 Å². The molecular formula is C12H17N3O2. The third-order valence-corrected chi connectivity index (χ3v) is 2.84. The van der Waals surface area contributed by atoms with E-state index in [4.69, 9.17) is 4.74 Å². The van der Waals surface area contributed by atoms with Crippen LogP contribution in [0.1, 0.15) is 30.6 Å². The van der Waals surface area contributed by atoms with Crippen LogP contribution in [0, 0.1) is 0 Å². The summed E-state index contributed by atoms with van der Waals surface area (Å²) in [4.78, 5) is 15.9. The van der Waals surface area contributed by atoms with Gasteiger partial charge in [-0.3, -0.25) is 5.32 Å². The first kappa shape index (κ1) is 11.9. The predicted octanol–water partition coefficient (Wildman–Crippen LogP) is 1.21. The number of carbonyl (C=O) groups is 1. The number of carbonyl (C=O) groups excluding carboxylic acids is 1. The molecule has 0 saturated heterocycles. The summed E-state index contributed by atoms with van der Waals surface area (Å²) in [5, 5.41) is 3.09. The Morgan fingerprint density at radius 3 is 3.18 bits per heavy atom. The van der Waals surface area contributed by atoms with E-state index in [0.29, 0.717) is 12.6 Å². The minimum Gasteiger partial charge on any atom is -0.468 e. The molecule has 0 bridgehead atoms. The Morgan fingerprint density at radius 1 is 1.82 bits per heavy atom. The lowest BCUT2D eigenvalue weighted by Crippen LogP contribution is -2.31. The number of imidazole rings is 1. The number of ether oxygens (including phenoxy) is 1. The molecule has 17 heavy (non-hydrogen) atoms. The molecule has 1 aliphatic rings. The number of methoxy groups -OCH3 is 1. The second-order valence-corrected chi connectivity index (χ2v) is 4.11. The van der Waals surface area contributed by atoms with Crippen LogP contribution in [-0.2, 0) is 9.53 Å². The summed E-state index contributed by atoms with van der Waals surface area (Å²) in [7, 11) is 1.39. The van der Waals surface area contributed by atoms with Crippen LogP contribution >= 0.6 is 0 Å². The highest BCUT2D eigenvalue weighted by atomic mass is 16.5. The van der Waals surface area contributed by atoms with Gasteiger partial charge in [0.15, 0.2) is 0 Å². The Morgan fingerprint density at radius 2 is 2.59 bits per heavy atom. The number of nitrogens with zero attached hydrogens (tertiary/aromatic N) is 2. The van der Waals surface area contributed by atoms with Gasteiger partial charge in [0.1, 0.15) is 6.04 Å². The van der Waals surface area contributed by atoms with E-state index in [1.54, 1.807) is 18.6 Å². The molecule has 1 saturated carbocycles. The first-order chi connectivity index (χ1) is 8.27. The van der Waals surface area contributed by atoms with Crippen molar-refractivity contribution in [1.82, 2.24) is 14.9 Å². The van der Waals surface area contributed by atoms with Crippen LogP contribution < -0.4 is 5.32 Å². The van der Waals surface area contributed by atoms with Crippen LogP contribution in [0.2, 0.25) is 0 Å². The van der Waals surface area contributed by atoms with Crippen LogP contribution in [0.15, 0.2) is 25.2 Å². The summed E-state index contributed by atoms with van der Waals surface area (Å²) in [6.07, 6.45) is 7.51. The van der Waals surface area contributed by atoms with Crippen molar-refractivity contribution in [3.63, 3.8) is 0 Å². The summed E-state index contributed by atoms with van der Waals surface area (Å²) >= 11 is 0. The minimum atomic E-state index is -0.471. The minimum absolute atomic E-state index is 0.297. The molecule has 0 spiro atoms. The van der Waals surface area contributed by atoms with Gasteiger partial charge in [-0.2, -0.15) is 0 Å². The molecular weight excluding hydrogens is 218 g/mol. The summed E-state index contributed by atoms with van der Waals surface area (Å²) < 4.78 is 6.86.